The number of hydrogen-bond donors (Lipinski definition) is 2. The number of halogens is 1. The van der Waals surface area contributed by atoms with Gasteiger partial charge >= 0.3 is 0 Å². The quantitative estimate of drug-likeness (QED) is 0.327. The summed E-state index contributed by atoms with van der Waals surface area (Å²) in [5, 5.41) is 3.51. The average Bonchev–Trinajstić information content (AvgIpc) is 3.40. The molecular weight excluding hydrogens is 549 g/mol. The third-order valence-corrected chi connectivity index (χ3v) is 8.71. The van der Waals surface area contributed by atoms with Gasteiger partial charge in [-0.25, -0.2) is 4.39 Å². The van der Waals surface area contributed by atoms with E-state index in [0.29, 0.717) is 34.8 Å². The normalized spacial score (nSPS) is 18.3. The first-order valence-electron chi connectivity index (χ1n) is 13.8. The van der Waals surface area contributed by atoms with Crippen molar-refractivity contribution in [3.8, 4) is 23.0 Å². The van der Waals surface area contributed by atoms with Crippen molar-refractivity contribution >= 4 is 31.7 Å². The maximum atomic E-state index is 15.0. The van der Waals surface area contributed by atoms with Crippen LogP contribution >= 0.6 is 0 Å². The molecule has 2 N–H and O–H groups in total. The van der Waals surface area contributed by atoms with E-state index in [1.54, 1.807) is 38.4 Å². The second kappa shape index (κ2) is 12.6. The Morgan fingerprint density at radius 1 is 1.07 bits per heavy atom. The number of hydrogen-bond acceptors (Lipinski definition) is 9. The zero-order valence-corrected chi connectivity index (χ0v) is 24.3. The lowest BCUT2D eigenvalue weighted by Crippen LogP contribution is -2.34. The van der Waals surface area contributed by atoms with Crippen LogP contribution in [-0.2, 0) is 10.0 Å². The lowest BCUT2D eigenvalue weighted by Gasteiger charge is -2.30. The molecular formula is C29H36FN5O5S. The standard InChI is InChI=1S/C29H36FN5O5S/c1-19-8-12-35(13-9-19)11-4-14-39-28-17-24-22(16-27(28)38-3)25(7-10-31-24)40-26-6-5-21(15-23(26)30)34-41(36,37)29-18-32-20(2)33-29/h5-7,10,15-17,19-20,32,34H,4,8-9,11-14,18H2,1-3H3. The first-order chi connectivity index (χ1) is 19.7. The number of nitrogens with zero attached hydrogens (tertiary/aromatic N) is 3. The van der Waals surface area contributed by atoms with E-state index in [-0.39, 0.29) is 29.2 Å². The molecule has 0 aliphatic carbocycles. The number of nitrogens with one attached hydrogen (secondary N) is 2. The second-order valence-corrected chi connectivity index (χ2v) is 12.2. The van der Waals surface area contributed by atoms with E-state index in [4.69, 9.17) is 14.2 Å². The molecule has 2 aromatic carbocycles. The maximum Gasteiger partial charge on any atom is 0.276 e. The number of aromatic nitrogens is 1. The number of ether oxygens (including phenoxy) is 3. The van der Waals surface area contributed by atoms with Crippen molar-refractivity contribution in [3.63, 3.8) is 0 Å². The van der Waals surface area contributed by atoms with E-state index in [1.807, 2.05) is 0 Å². The summed E-state index contributed by atoms with van der Waals surface area (Å²) in [7, 11) is -2.34. The molecule has 0 saturated carbocycles. The molecule has 2 aliphatic rings. The largest absolute Gasteiger partial charge is 0.493 e. The predicted molar refractivity (Wildman–Crippen MR) is 157 cm³/mol. The molecule has 220 valence electrons. The molecule has 1 atom stereocenters. The summed E-state index contributed by atoms with van der Waals surface area (Å²) in [6.45, 7) is 7.99. The molecule has 12 heteroatoms. The molecule has 0 bridgehead atoms. The fourth-order valence-corrected chi connectivity index (χ4v) is 6.06. The molecule has 1 fully saturated rings. The van der Waals surface area contributed by atoms with Crippen LogP contribution in [0.15, 0.2) is 47.6 Å². The van der Waals surface area contributed by atoms with Crippen molar-refractivity contribution in [2.24, 2.45) is 10.9 Å². The lowest BCUT2D eigenvalue weighted by atomic mass is 9.99. The number of pyridine rings is 1. The van der Waals surface area contributed by atoms with Gasteiger partial charge in [0.2, 0.25) is 0 Å². The SMILES string of the molecule is COc1cc2c(Oc3ccc(NS(=O)(=O)C4=NC(C)NC4)cc3F)ccnc2cc1OCCCN1CCC(C)CC1. The van der Waals surface area contributed by atoms with E-state index < -0.39 is 15.8 Å². The van der Waals surface area contributed by atoms with E-state index in [2.05, 4.69) is 31.8 Å². The number of anilines is 1. The number of aliphatic imine (C=N–C) groups is 1. The molecule has 10 nitrogen and oxygen atoms in total. The van der Waals surface area contributed by atoms with Gasteiger partial charge in [-0.1, -0.05) is 6.92 Å². The number of likely N-dealkylation sites (tertiary alicyclic amines) is 1. The molecule has 1 saturated heterocycles. The van der Waals surface area contributed by atoms with Gasteiger partial charge in [0.15, 0.2) is 28.1 Å². The Morgan fingerprint density at radius 2 is 1.88 bits per heavy atom. The summed E-state index contributed by atoms with van der Waals surface area (Å²) in [6, 6.07) is 9.05. The van der Waals surface area contributed by atoms with Crippen molar-refractivity contribution < 1.29 is 27.0 Å². The Hall–Kier alpha value is -3.48. The summed E-state index contributed by atoms with van der Waals surface area (Å²) in [5.41, 5.74) is 0.670. The summed E-state index contributed by atoms with van der Waals surface area (Å²) >= 11 is 0. The van der Waals surface area contributed by atoms with Crippen LogP contribution in [0.25, 0.3) is 10.9 Å². The molecule has 0 spiro atoms. The Morgan fingerprint density at radius 3 is 2.59 bits per heavy atom. The fourth-order valence-electron chi connectivity index (χ4n) is 4.93. The highest BCUT2D eigenvalue weighted by Crippen LogP contribution is 2.38. The highest BCUT2D eigenvalue weighted by atomic mass is 32.2. The van der Waals surface area contributed by atoms with Crippen molar-refractivity contribution in [2.45, 2.75) is 39.3 Å². The van der Waals surface area contributed by atoms with Crippen LogP contribution in [0.2, 0.25) is 0 Å². The average molecular weight is 586 g/mol. The van der Waals surface area contributed by atoms with Gasteiger partial charge < -0.3 is 19.1 Å². The monoisotopic (exact) mass is 585 g/mol. The van der Waals surface area contributed by atoms with Gasteiger partial charge in [0.1, 0.15) is 5.75 Å². The van der Waals surface area contributed by atoms with E-state index in [0.717, 1.165) is 38.0 Å². The number of fused-ring (bicyclic) bond motifs is 1. The van der Waals surface area contributed by atoms with Gasteiger partial charge in [0.05, 0.1) is 37.6 Å². The molecule has 0 amide bonds. The van der Waals surface area contributed by atoms with Crippen molar-refractivity contribution in [1.29, 1.82) is 0 Å². The number of methoxy groups -OCH3 is 1. The number of benzene rings is 2. The van der Waals surface area contributed by atoms with Gasteiger partial charge in [-0.3, -0.25) is 20.0 Å². The lowest BCUT2D eigenvalue weighted by molar-refractivity contribution is 0.176. The van der Waals surface area contributed by atoms with Crippen LogP contribution in [-0.4, -0.2) is 69.4 Å². The zero-order chi connectivity index (χ0) is 29.0. The summed E-state index contributed by atoms with van der Waals surface area (Å²) in [6.07, 6.45) is 4.68. The smallest absolute Gasteiger partial charge is 0.276 e. The Balaban J connectivity index is 1.26. The Kier molecular flexibility index (Phi) is 8.91. The van der Waals surface area contributed by atoms with Gasteiger partial charge in [-0.15, -0.1) is 0 Å². The minimum absolute atomic E-state index is 0.0250. The molecule has 3 heterocycles. The van der Waals surface area contributed by atoms with Crippen LogP contribution in [0, 0.1) is 11.7 Å². The van der Waals surface area contributed by atoms with E-state index in [9.17, 15) is 8.42 Å². The number of sulfonamides is 1. The van der Waals surface area contributed by atoms with Crippen LogP contribution < -0.4 is 24.2 Å². The van der Waals surface area contributed by atoms with Crippen LogP contribution in [0.1, 0.15) is 33.1 Å². The first kappa shape index (κ1) is 29.0. The van der Waals surface area contributed by atoms with Crippen LogP contribution in [0.3, 0.4) is 0 Å². The Labute approximate surface area is 240 Å². The number of piperidine rings is 1. The van der Waals surface area contributed by atoms with Crippen LogP contribution in [0.4, 0.5) is 10.1 Å². The van der Waals surface area contributed by atoms with Gasteiger partial charge in [-0.2, -0.15) is 8.42 Å². The minimum atomic E-state index is -3.90. The summed E-state index contributed by atoms with van der Waals surface area (Å²) < 4.78 is 60.1. The Bertz CT molecular complexity index is 1530. The van der Waals surface area contributed by atoms with Crippen molar-refractivity contribution in [3.05, 3.63) is 48.4 Å². The van der Waals surface area contributed by atoms with Crippen molar-refractivity contribution in [1.82, 2.24) is 15.2 Å². The van der Waals surface area contributed by atoms with Crippen LogP contribution in [0.5, 0.6) is 23.0 Å². The summed E-state index contributed by atoms with van der Waals surface area (Å²) in [4.78, 5) is 11.0. The number of rotatable bonds is 10. The summed E-state index contributed by atoms with van der Waals surface area (Å²) in [5.74, 6) is 1.47. The molecule has 1 aromatic heterocycles. The third-order valence-electron chi connectivity index (χ3n) is 7.34. The molecule has 41 heavy (non-hydrogen) atoms. The predicted octanol–water partition coefficient (Wildman–Crippen LogP) is 4.77. The molecule has 0 radical (unpaired) electrons. The molecule has 1 unspecified atom stereocenters. The van der Waals surface area contributed by atoms with Gasteiger partial charge in [-0.05, 0) is 69.5 Å². The first-order valence-corrected chi connectivity index (χ1v) is 15.3. The third kappa shape index (κ3) is 7.06. The minimum Gasteiger partial charge on any atom is -0.493 e. The van der Waals surface area contributed by atoms with Gasteiger partial charge in [0.25, 0.3) is 10.0 Å². The molecule has 5 rings (SSSR count). The van der Waals surface area contributed by atoms with Gasteiger partial charge in [0, 0.05) is 30.3 Å². The highest BCUT2D eigenvalue weighted by molar-refractivity contribution is 8.07. The zero-order valence-electron chi connectivity index (χ0n) is 23.5. The molecule has 3 aromatic rings. The van der Waals surface area contributed by atoms with E-state index in [1.165, 1.54) is 25.0 Å². The van der Waals surface area contributed by atoms with Crippen molar-refractivity contribution in [2.75, 3.05) is 44.6 Å². The maximum absolute atomic E-state index is 15.0. The van der Waals surface area contributed by atoms with E-state index >= 15 is 4.39 Å². The molecule has 2 aliphatic heterocycles. The fraction of sp³-hybridized carbons (Fsp3) is 0.448. The second-order valence-electron chi connectivity index (χ2n) is 10.5. The topological polar surface area (TPSA) is 114 Å². The highest BCUT2D eigenvalue weighted by Gasteiger charge is 2.25.